The smallest absolute Gasteiger partial charge is 0.241 e. The first-order valence-corrected chi connectivity index (χ1v) is 13.8. The summed E-state index contributed by atoms with van der Waals surface area (Å²) in [5.41, 5.74) is 6.29. The van der Waals surface area contributed by atoms with Gasteiger partial charge >= 0.3 is 0 Å². The van der Waals surface area contributed by atoms with E-state index in [1.807, 2.05) is 91.0 Å². The van der Waals surface area contributed by atoms with Gasteiger partial charge in [-0.05, 0) is 46.9 Å². The van der Waals surface area contributed by atoms with Crippen molar-refractivity contribution < 1.29 is 18.9 Å². The Balaban J connectivity index is 1.16. The number of fused-ring (bicyclic) bond motifs is 1. The van der Waals surface area contributed by atoms with E-state index in [1.165, 1.54) is 11.1 Å². The van der Waals surface area contributed by atoms with Crippen molar-refractivity contribution in [1.29, 1.82) is 0 Å². The predicted molar refractivity (Wildman–Crippen MR) is 160 cm³/mol. The van der Waals surface area contributed by atoms with Crippen LogP contribution in [0.2, 0.25) is 0 Å². The number of hydrogen-bond donors (Lipinski definition) is 0. The predicted octanol–water partition coefficient (Wildman–Crippen LogP) is 7.49. The molecule has 6 rings (SSSR count). The minimum Gasteiger partial charge on any atom is -0.473 e. The summed E-state index contributed by atoms with van der Waals surface area (Å²) in [4.78, 5) is 6.84. The Hall–Kier alpha value is -4.81. The molecule has 0 N–H and O–H groups in total. The maximum absolute atomic E-state index is 6.26. The molecule has 6 nitrogen and oxygen atoms in total. The number of ether oxygens (including phenoxy) is 4. The van der Waals surface area contributed by atoms with E-state index in [0.29, 0.717) is 44.9 Å². The van der Waals surface area contributed by atoms with E-state index >= 15 is 0 Å². The molecule has 0 fully saturated rings. The quantitative estimate of drug-likeness (QED) is 0.152. The van der Waals surface area contributed by atoms with Crippen molar-refractivity contribution in [3.8, 4) is 17.5 Å². The second-order valence-corrected chi connectivity index (χ2v) is 9.81. The van der Waals surface area contributed by atoms with Crippen LogP contribution in [0.15, 0.2) is 121 Å². The highest BCUT2D eigenvalue weighted by atomic mass is 16.5. The summed E-state index contributed by atoms with van der Waals surface area (Å²) >= 11 is 0. The lowest BCUT2D eigenvalue weighted by molar-refractivity contribution is 0.124. The fourth-order valence-electron chi connectivity index (χ4n) is 4.68. The average Bonchev–Trinajstić information content (AvgIpc) is 3.46. The lowest BCUT2D eigenvalue weighted by Gasteiger charge is -2.20. The van der Waals surface area contributed by atoms with Gasteiger partial charge in [0.2, 0.25) is 11.8 Å². The monoisotopic (exact) mass is 544 g/mol. The number of anilines is 2. The Morgan fingerprint density at radius 2 is 1.22 bits per heavy atom. The Kier molecular flexibility index (Phi) is 8.39. The van der Waals surface area contributed by atoms with Crippen molar-refractivity contribution in [2.45, 2.75) is 26.2 Å². The number of hydrogen-bond acceptors (Lipinski definition) is 6. The lowest BCUT2D eigenvalue weighted by atomic mass is 10.1. The molecular formula is C35H32N2O4. The molecule has 0 aliphatic carbocycles. The summed E-state index contributed by atoms with van der Waals surface area (Å²) in [6.45, 7) is 2.45. The van der Waals surface area contributed by atoms with E-state index in [9.17, 15) is 0 Å². The van der Waals surface area contributed by atoms with Crippen molar-refractivity contribution in [2.24, 2.45) is 0 Å². The van der Waals surface area contributed by atoms with Gasteiger partial charge in [0.25, 0.3) is 0 Å². The van der Waals surface area contributed by atoms with Gasteiger partial charge in [0.15, 0.2) is 6.73 Å². The van der Waals surface area contributed by atoms with Crippen molar-refractivity contribution in [2.75, 3.05) is 18.2 Å². The summed E-state index contributed by atoms with van der Waals surface area (Å²) in [5, 5.41) is 0. The van der Waals surface area contributed by atoms with Gasteiger partial charge in [0.05, 0.1) is 18.9 Å². The Morgan fingerprint density at radius 1 is 0.610 bits per heavy atom. The number of nitrogens with zero attached hydrogens (tertiary/aromatic N) is 2. The van der Waals surface area contributed by atoms with Crippen LogP contribution in [0.4, 0.5) is 11.4 Å². The van der Waals surface area contributed by atoms with Gasteiger partial charge in [-0.25, -0.2) is 0 Å². The van der Waals surface area contributed by atoms with Gasteiger partial charge < -0.3 is 18.9 Å². The molecule has 6 heteroatoms. The largest absolute Gasteiger partial charge is 0.473 e. The van der Waals surface area contributed by atoms with Crippen LogP contribution in [-0.4, -0.2) is 18.3 Å². The minimum atomic E-state index is 0.372. The molecule has 4 aromatic carbocycles. The molecule has 0 unspecified atom stereocenters. The summed E-state index contributed by atoms with van der Waals surface area (Å²) in [6, 6.07) is 40.5. The molecule has 0 radical (unpaired) electrons. The fourth-order valence-corrected chi connectivity index (χ4v) is 4.68. The molecule has 1 aliphatic heterocycles. The topological polar surface area (TPSA) is 53.1 Å². The number of rotatable bonds is 12. The molecule has 0 spiro atoms. The standard InChI is InChI=1S/C35H32N2O4/c1-4-10-28(11-5-1)23-38-21-20-27-16-17-31-33(22-27)41-26-37(31)32-18-19-34(39-24-29-12-6-2-7-13-29)36-35(32)40-25-30-14-8-3-9-15-30/h1-19,22H,20-21,23-26H2. The van der Waals surface area contributed by atoms with E-state index in [4.69, 9.17) is 23.9 Å². The molecule has 206 valence electrons. The highest BCUT2D eigenvalue weighted by Gasteiger charge is 2.26. The van der Waals surface area contributed by atoms with Crippen LogP contribution < -0.4 is 19.1 Å². The molecule has 0 atom stereocenters. The Morgan fingerprint density at radius 3 is 1.90 bits per heavy atom. The third-order valence-corrected chi connectivity index (χ3v) is 6.86. The number of benzene rings is 4. The van der Waals surface area contributed by atoms with Crippen LogP contribution in [0.25, 0.3) is 0 Å². The molecular weight excluding hydrogens is 512 g/mol. The van der Waals surface area contributed by atoms with Gasteiger partial charge in [-0.15, -0.1) is 0 Å². The molecule has 1 aromatic heterocycles. The van der Waals surface area contributed by atoms with E-state index in [-0.39, 0.29) is 0 Å². The first kappa shape index (κ1) is 26.4. The number of aromatic nitrogens is 1. The maximum Gasteiger partial charge on any atom is 0.241 e. The highest BCUT2D eigenvalue weighted by molar-refractivity contribution is 5.75. The Bertz CT molecular complexity index is 1550. The van der Waals surface area contributed by atoms with Crippen LogP contribution in [0.3, 0.4) is 0 Å². The first-order valence-electron chi connectivity index (χ1n) is 13.8. The average molecular weight is 545 g/mol. The van der Waals surface area contributed by atoms with E-state index in [0.717, 1.165) is 34.7 Å². The summed E-state index contributed by atoms with van der Waals surface area (Å²) < 4.78 is 24.3. The second kappa shape index (κ2) is 13.0. The normalized spacial score (nSPS) is 12.0. The Labute approximate surface area is 240 Å². The maximum atomic E-state index is 6.26. The third-order valence-electron chi connectivity index (χ3n) is 6.86. The summed E-state index contributed by atoms with van der Waals surface area (Å²) in [6.07, 6.45) is 0.809. The molecule has 2 heterocycles. The minimum absolute atomic E-state index is 0.372. The zero-order chi connectivity index (χ0) is 27.7. The van der Waals surface area contributed by atoms with Gasteiger partial charge in [-0.3, -0.25) is 4.90 Å². The SMILES string of the molecule is c1ccc(COCCc2ccc3c(c2)OCN3c2ccc(OCc3ccccc3)nc2OCc2ccccc2)cc1. The van der Waals surface area contributed by atoms with Crippen molar-refractivity contribution in [3.05, 3.63) is 144 Å². The lowest BCUT2D eigenvalue weighted by Crippen LogP contribution is -2.17. The molecule has 0 amide bonds. The van der Waals surface area contributed by atoms with Crippen molar-refractivity contribution in [1.82, 2.24) is 4.98 Å². The fraction of sp³-hybridized carbons (Fsp3) is 0.171. The third kappa shape index (κ3) is 6.86. The van der Waals surface area contributed by atoms with Gasteiger partial charge in [0, 0.05) is 6.07 Å². The van der Waals surface area contributed by atoms with E-state index in [2.05, 4.69) is 35.2 Å². The van der Waals surface area contributed by atoms with Crippen LogP contribution >= 0.6 is 0 Å². The molecule has 0 saturated heterocycles. The van der Waals surface area contributed by atoms with Gasteiger partial charge in [0.1, 0.15) is 24.7 Å². The van der Waals surface area contributed by atoms with Crippen LogP contribution in [-0.2, 0) is 31.0 Å². The van der Waals surface area contributed by atoms with Crippen LogP contribution in [0, 0.1) is 0 Å². The van der Waals surface area contributed by atoms with Crippen molar-refractivity contribution >= 4 is 11.4 Å². The van der Waals surface area contributed by atoms with Crippen LogP contribution in [0.1, 0.15) is 22.3 Å². The molecule has 0 bridgehead atoms. The molecule has 41 heavy (non-hydrogen) atoms. The van der Waals surface area contributed by atoms with Gasteiger partial charge in [-0.2, -0.15) is 4.98 Å². The van der Waals surface area contributed by atoms with Gasteiger partial charge in [-0.1, -0.05) is 97.1 Å². The van der Waals surface area contributed by atoms with Crippen LogP contribution in [0.5, 0.6) is 17.5 Å². The summed E-state index contributed by atoms with van der Waals surface area (Å²) in [7, 11) is 0. The van der Waals surface area contributed by atoms with E-state index in [1.54, 1.807) is 0 Å². The van der Waals surface area contributed by atoms with E-state index < -0.39 is 0 Å². The zero-order valence-electron chi connectivity index (χ0n) is 22.8. The molecule has 1 aliphatic rings. The van der Waals surface area contributed by atoms with Crippen molar-refractivity contribution in [3.63, 3.8) is 0 Å². The number of pyridine rings is 1. The summed E-state index contributed by atoms with van der Waals surface area (Å²) in [5.74, 6) is 1.84. The molecule has 5 aromatic rings. The zero-order valence-corrected chi connectivity index (χ0v) is 22.8. The second-order valence-electron chi connectivity index (χ2n) is 9.81. The molecule has 0 saturated carbocycles. The highest BCUT2D eigenvalue weighted by Crippen LogP contribution is 2.43. The first-order chi connectivity index (χ1) is 20.3.